The number of hydrogen-bond donors (Lipinski definition) is 2. The SMILES string of the molecule is O=C(NCC(N1CCNCC1)C(F)(F)F)C1CCCCCC1. The Morgan fingerprint density at radius 2 is 1.73 bits per heavy atom. The largest absolute Gasteiger partial charge is 0.405 e. The van der Waals surface area contributed by atoms with Crippen LogP contribution in [0.2, 0.25) is 0 Å². The molecule has 0 spiro atoms. The van der Waals surface area contributed by atoms with Crippen molar-refractivity contribution in [2.75, 3.05) is 32.7 Å². The molecule has 1 heterocycles. The second-order valence-corrected chi connectivity index (χ2v) is 6.28. The Labute approximate surface area is 129 Å². The summed E-state index contributed by atoms with van der Waals surface area (Å²) in [7, 11) is 0. The average Bonchev–Trinajstić information content (AvgIpc) is 2.76. The zero-order valence-corrected chi connectivity index (χ0v) is 12.9. The van der Waals surface area contributed by atoms with Crippen LogP contribution in [0.25, 0.3) is 0 Å². The average molecular weight is 321 g/mol. The van der Waals surface area contributed by atoms with Crippen LogP contribution in [0.15, 0.2) is 0 Å². The van der Waals surface area contributed by atoms with Gasteiger partial charge in [-0.05, 0) is 12.8 Å². The van der Waals surface area contributed by atoms with E-state index in [1.54, 1.807) is 0 Å². The molecule has 2 rings (SSSR count). The van der Waals surface area contributed by atoms with Crippen LogP contribution in [-0.4, -0.2) is 55.7 Å². The van der Waals surface area contributed by atoms with Gasteiger partial charge in [-0.1, -0.05) is 25.7 Å². The van der Waals surface area contributed by atoms with Gasteiger partial charge in [0.1, 0.15) is 6.04 Å². The van der Waals surface area contributed by atoms with E-state index in [1.807, 2.05) is 0 Å². The lowest BCUT2D eigenvalue weighted by atomic mass is 9.99. The smallest absolute Gasteiger partial charge is 0.354 e. The van der Waals surface area contributed by atoms with Gasteiger partial charge in [-0.3, -0.25) is 9.69 Å². The lowest BCUT2D eigenvalue weighted by Crippen LogP contribution is -2.57. The fourth-order valence-corrected chi connectivity index (χ4v) is 3.33. The van der Waals surface area contributed by atoms with Crippen LogP contribution >= 0.6 is 0 Å². The monoisotopic (exact) mass is 321 g/mol. The van der Waals surface area contributed by atoms with Crippen molar-refractivity contribution < 1.29 is 18.0 Å². The van der Waals surface area contributed by atoms with Crippen LogP contribution in [0.3, 0.4) is 0 Å². The predicted molar refractivity (Wildman–Crippen MR) is 78.5 cm³/mol. The molecule has 1 unspecified atom stereocenters. The standard InChI is InChI=1S/C15H26F3N3O/c16-15(17,18)13(21-9-7-19-8-10-21)11-20-14(22)12-5-3-1-2-4-6-12/h12-13,19H,1-11H2,(H,20,22). The Bertz CT molecular complexity index is 348. The van der Waals surface area contributed by atoms with Crippen molar-refractivity contribution in [1.29, 1.82) is 0 Å². The van der Waals surface area contributed by atoms with E-state index < -0.39 is 12.2 Å². The minimum absolute atomic E-state index is 0.112. The van der Waals surface area contributed by atoms with Crippen molar-refractivity contribution >= 4 is 5.91 Å². The summed E-state index contributed by atoms with van der Waals surface area (Å²) in [5.74, 6) is -0.314. The molecule has 0 aromatic carbocycles. The molecular formula is C15H26F3N3O. The first-order chi connectivity index (χ1) is 10.5. The highest BCUT2D eigenvalue weighted by atomic mass is 19.4. The van der Waals surface area contributed by atoms with E-state index in [1.165, 1.54) is 4.90 Å². The van der Waals surface area contributed by atoms with Gasteiger partial charge in [-0.25, -0.2) is 0 Å². The quantitative estimate of drug-likeness (QED) is 0.778. The highest BCUT2D eigenvalue weighted by Gasteiger charge is 2.44. The molecule has 22 heavy (non-hydrogen) atoms. The zero-order valence-electron chi connectivity index (χ0n) is 12.9. The van der Waals surface area contributed by atoms with Crippen molar-refractivity contribution in [3.63, 3.8) is 0 Å². The number of piperazine rings is 1. The molecule has 1 atom stereocenters. The first-order valence-electron chi connectivity index (χ1n) is 8.27. The molecule has 128 valence electrons. The van der Waals surface area contributed by atoms with E-state index >= 15 is 0 Å². The highest BCUT2D eigenvalue weighted by Crippen LogP contribution is 2.26. The van der Waals surface area contributed by atoms with E-state index in [0.717, 1.165) is 38.5 Å². The molecule has 1 saturated heterocycles. The van der Waals surface area contributed by atoms with Crippen LogP contribution < -0.4 is 10.6 Å². The van der Waals surface area contributed by atoms with Crippen LogP contribution in [0.4, 0.5) is 13.2 Å². The molecule has 2 N–H and O–H groups in total. The molecule has 1 aliphatic heterocycles. The normalized spacial score (nSPS) is 23.8. The van der Waals surface area contributed by atoms with Gasteiger partial charge in [0.05, 0.1) is 0 Å². The van der Waals surface area contributed by atoms with E-state index in [0.29, 0.717) is 26.2 Å². The summed E-state index contributed by atoms with van der Waals surface area (Å²) in [6, 6.07) is -1.58. The first-order valence-corrected chi connectivity index (χ1v) is 8.27. The third-order valence-corrected chi connectivity index (χ3v) is 4.67. The number of alkyl halides is 3. The second kappa shape index (κ2) is 8.15. The topological polar surface area (TPSA) is 44.4 Å². The number of amides is 1. The molecular weight excluding hydrogens is 295 g/mol. The molecule has 4 nitrogen and oxygen atoms in total. The van der Waals surface area contributed by atoms with Crippen molar-refractivity contribution in [2.24, 2.45) is 5.92 Å². The van der Waals surface area contributed by atoms with Gasteiger partial charge in [0.2, 0.25) is 5.91 Å². The summed E-state index contributed by atoms with van der Waals surface area (Å²) in [4.78, 5) is 13.6. The number of halogens is 3. The van der Waals surface area contributed by atoms with Crippen LogP contribution in [0, 0.1) is 5.92 Å². The number of nitrogens with one attached hydrogen (secondary N) is 2. The Hall–Kier alpha value is -0.820. The lowest BCUT2D eigenvalue weighted by Gasteiger charge is -2.36. The Morgan fingerprint density at radius 3 is 2.27 bits per heavy atom. The Balaban J connectivity index is 1.88. The van der Waals surface area contributed by atoms with Gasteiger partial charge < -0.3 is 10.6 Å². The maximum absolute atomic E-state index is 13.2. The van der Waals surface area contributed by atoms with Crippen molar-refractivity contribution in [3.05, 3.63) is 0 Å². The molecule has 7 heteroatoms. The van der Waals surface area contributed by atoms with Crippen molar-refractivity contribution in [2.45, 2.75) is 50.7 Å². The predicted octanol–water partition coefficient (Wildman–Crippen LogP) is 1.91. The summed E-state index contributed by atoms with van der Waals surface area (Å²) in [6.07, 6.45) is 1.53. The maximum Gasteiger partial charge on any atom is 0.405 e. The number of carbonyl (C=O) groups excluding carboxylic acids is 1. The molecule has 0 aromatic heterocycles. The first kappa shape index (κ1) is 17.5. The van der Waals surface area contributed by atoms with E-state index in [2.05, 4.69) is 10.6 Å². The molecule has 1 saturated carbocycles. The van der Waals surface area contributed by atoms with Gasteiger partial charge in [-0.2, -0.15) is 13.2 Å². The minimum Gasteiger partial charge on any atom is -0.354 e. The number of rotatable bonds is 4. The summed E-state index contributed by atoms with van der Waals surface area (Å²) in [6.45, 7) is 1.51. The minimum atomic E-state index is -4.31. The summed E-state index contributed by atoms with van der Waals surface area (Å²) < 4.78 is 39.7. The number of hydrogen-bond acceptors (Lipinski definition) is 3. The Kier molecular flexibility index (Phi) is 6.50. The van der Waals surface area contributed by atoms with Crippen LogP contribution in [-0.2, 0) is 4.79 Å². The molecule has 1 aliphatic carbocycles. The molecule has 0 radical (unpaired) electrons. The maximum atomic E-state index is 13.2. The fraction of sp³-hybridized carbons (Fsp3) is 0.933. The Morgan fingerprint density at radius 1 is 1.14 bits per heavy atom. The molecule has 0 bridgehead atoms. The van der Waals surface area contributed by atoms with Gasteiger partial charge in [0, 0.05) is 38.6 Å². The van der Waals surface area contributed by atoms with Gasteiger partial charge in [0.15, 0.2) is 0 Å². The molecule has 2 fully saturated rings. The third-order valence-electron chi connectivity index (χ3n) is 4.67. The van der Waals surface area contributed by atoms with Crippen molar-refractivity contribution in [1.82, 2.24) is 15.5 Å². The van der Waals surface area contributed by atoms with Crippen LogP contribution in [0.5, 0.6) is 0 Å². The van der Waals surface area contributed by atoms with Gasteiger partial charge in [0.25, 0.3) is 0 Å². The third kappa shape index (κ3) is 5.12. The van der Waals surface area contributed by atoms with Gasteiger partial charge in [-0.15, -0.1) is 0 Å². The fourth-order valence-electron chi connectivity index (χ4n) is 3.33. The summed E-state index contributed by atoms with van der Waals surface area (Å²) in [5, 5.41) is 5.61. The lowest BCUT2D eigenvalue weighted by molar-refractivity contribution is -0.184. The van der Waals surface area contributed by atoms with Gasteiger partial charge >= 0.3 is 6.18 Å². The highest BCUT2D eigenvalue weighted by molar-refractivity contribution is 5.78. The van der Waals surface area contributed by atoms with Crippen LogP contribution in [0.1, 0.15) is 38.5 Å². The number of carbonyl (C=O) groups is 1. The molecule has 0 aromatic rings. The number of nitrogens with zero attached hydrogens (tertiary/aromatic N) is 1. The summed E-state index contributed by atoms with van der Waals surface area (Å²) in [5.41, 5.74) is 0. The van der Waals surface area contributed by atoms with Crippen molar-refractivity contribution in [3.8, 4) is 0 Å². The summed E-state index contributed by atoms with van der Waals surface area (Å²) >= 11 is 0. The van der Waals surface area contributed by atoms with E-state index in [-0.39, 0.29) is 18.4 Å². The van der Waals surface area contributed by atoms with E-state index in [9.17, 15) is 18.0 Å². The van der Waals surface area contributed by atoms with E-state index in [4.69, 9.17) is 0 Å². The molecule has 1 amide bonds. The second-order valence-electron chi connectivity index (χ2n) is 6.28. The zero-order chi connectivity index (χ0) is 16.0. The molecule has 2 aliphatic rings.